The van der Waals surface area contributed by atoms with Crippen molar-refractivity contribution in [3.05, 3.63) is 29.8 Å². The summed E-state index contributed by atoms with van der Waals surface area (Å²) >= 11 is 0. The number of ether oxygens (including phenoxy) is 1. The van der Waals surface area contributed by atoms with E-state index in [1.165, 1.54) is 6.07 Å². The van der Waals surface area contributed by atoms with Crippen LogP contribution < -0.4 is 10.5 Å². The molecule has 1 aliphatic carbocycles. The van der Waals surface area contributed by atoms with E-state index in [-0.39, 0.29) is 29.7 Å². The Hall–Kier alpha value is -1.12. The molecule has 20 heavy (non-hydrogen) atoms. The molecule has 1 saturated carbocycles. The molecular weight excluding hydrogens is 379 g/mol. The minimum Gasteiger partial charge on any atom is -0.435 e. The summed E-state index contributed by atoms with van der Waals surface area (Å²) in [5.74, 6) is 0.611. The van der Waals surface area contributed by atoms with Gasteiger partial charge < -0.3 is 15.4 Å². The van der Waals surface area contributed by atoms with Gasteiger partial charge >= 0.3 is 6.61 Å². The molecule has 0 saturated heterocycles. The average molecular weight is 397 g/mol. The number of guanidine groups is 1. The van der Waals surface area contributed by atoms with Crippen molar-refractivity contribution < 1.29 is 13.5 Å². The number of benzene rings is 1. The Morgan fingerprint density at radius 2 is 2.20 bits per heavy atom. The van der Waals surface area contributed by atoms with Gasteiger partial charge in [-0.15, -0.1) is 24.0 Å². The first-order chi connectivity index (χ1) is 9.06. The number of halogens is 3. The molecule has 1 aromatic rings. The topological polar surface area (TPSA) is 50.8 Å². The van der Waals surface area contributed by atoms with Gasteiger partial charge in [0.2, 0.25) is 0 Å². The van der Waals surface area contributed by atoms with Crippen LogP contribution in [-0.2, 0) is 6.54 Å². The fourth-order valence-corrected chi connectivity index (χ4v) is 1.75. The van der Waals surface area contributed by atoms with Crippen LogP contribution in [0.25, 0.3) is 0 Å². The fourth-order valence-electron chi connectivity index (χ4n) is 1.75. The second kappa shape index (κ2) is 7.61. The van der Waals surface area contributed by atoms with Gasteiger partial charge in [0.1, 0.15) is 5.75 Å². The maximum atomic E-state index is 12.1. The number of aliphatic imine (C=N–C) groups is 1. The molecule has 0 bridgehead atoms. The highest BCUT2D eigenvalue weighted by molar-refractivity contribution is 14.0. The first-order valence-electron chi connectivity index (χ1n) is 6.13. The zero-order valence-corrected chi connectivity index (χ0v) is 13.5. The van der Waals surface area contributed by atoms with Crippen molar-refractivity contribution in [2.24, 2.45) is 10.7 Å². The molecule has 2 rings (SSSR count). The minimum atomic E-state index is -2.81. The molecule has 112 valence electrons. The molecule has 0 amide bonds. The molecule has 0 spiro atoms. The van der Waals surface area contributed by atoms with E-state index in [4.69, 9.17) is 5.73 Å². The molecule has 0 unspecified atom stereocenters. The number of nitrogens with zero attached hydrogens (tertiary/aromatic N) is 2. The monoisotopic (exact) mass is 397 g/mol. The maximum absolute atomic E-state index is 12.1. The number of nitrogens with two attached hydrogens (primary N) is 1. The maximum Gasteiger partial charge on any atom is 0.387 e. The van der Waals surface area contributed by atoms with Crippen LogP contribution in [0.5, 0.6) is 5.75 Å². The summed E-state index contributed by atoms with van der Waals surface area (Å²) in [6.45, 7) is -2.46. The van der Waals surface area contributed by atoms with Gasteiger partial charge in [0.05, 0.1) is 6.54 Å². The van der Waals surface area contributed by atoms with Gasteiger partial charge in [0.15, 0.2) is 5.96 Å². The van der Waals surface area contributed by atoms with Crippen molar-refractivity contribution in [3.63, 3.8) is 0 Å². The molecule has 0 heterocycles. The van der Waals surface area contributed by atoms with Gasteiger partial charge in [0.25, 0.3) is 0 Å². The Balaban J connectivity index is 0.00000200. The van der Waals surface area contributed by atoms with Crippen LogP contribution in [0, 0.1) is 0 Å². The van der Waals surface area contributed by atoms with E-state index in [0.29, 0.717) is 18.5 Å². The van der Waals surface area contributed by atoms with Gasteiger partial charge in [-0.25, -0.2) is 4.99 Å². The van der Waals surface area contributed by atoms with Crippen molar-refractivity contribution in [3.8, 4) is 5.75 Å². The molecule has 0 aromatic heterocycles. The van der Waals surface area contributed by atoms with E-state index in [0.717, 1.165) is 18.4 Å². The highest BCUT2D eigenvalue weighted by Gasteiger charge is 2.27. The Labute approximate surface area is 134 Å². The highest BCUT2D eigenvalue weighted by Crippen LogP contribution is 2.25. The first kappa shape index (κ1) is 16.9. The van der Waals surface area contributed by atoms with Crippen molar-refractivity contribution in [2.45, 2.75) is 32.0 Å². The molecule has 0 aliphatic heterocycles. The largest absolute Gasteiger partial charge is 0.435 e. The van der Waals surface area contributed by atoms with Crippen molar-refractivity contribution in [2.75, 3.05) is 7.05 Å². The van der Waals surface area contributed by atoms with Crippen molar-refractivity contribution >= 4 is 29.9 Å². The van der Waals surface area contributed by atoms with Crippen LogP contribution in [0.15, 0.2) is 29.3 Å². The second-order valence-electron chi connectivity index (χ2n) is 4.54. The van der Waals surface area contributed by atoms with Crippen LogP contribution in [0.4, 0.5) is 8.78 Å². The van der Waals surface area contributed by atoms with E-state index < -0.39 is 6.61 Å². The molecule has 0 atom stereocenters. The van der Waals surface area contributed by atoms with Gasteiger partial charge in [-0.1, -0.05) is 12.1 Å². The lowest BCUT2D eigenvalue weighted by Gasteiger charge is -2.16. The van der Waals surface area contributed by atoms with Gasteiger partial charge in [-0.2, -0.15) is 8.78 Å². The second-order valence-corrected chi connectivity index (χ2v) is 4.54. The van der Waals surface area contributed by atoms with Crippen LogP contribution in [-0.4, -0.2) is 30.6 Å². The molecule has 4 nitrogen and oxygen atoms in total. The fraction of sp³-hybridized carbons (Fsp3) is 0.462. The summed E-state index contributed by atoms with van der Waals surface area (Å²) < 4.78 is 28.5. The number of alkyl halides is 2. The summed E-state index contributed by atoms with van der Waals surface area (Å²) in [6, 6.07) is 6.98. The predicted octanol–water partition coefficient (Wildman–Crippen LogP) is 2.81. The van der Waals surface area contributed by atoms with E-state index in [9.17, 15) is 8.78 Å². The number of rotatable bonds is 5. The standard InChI is InChI=1S/C13H17F2N3O.HI/c1-18(10-5-6-10)13(16)17-8-9-3-2-4-11(7-9)19-12(14)15;/h2-4,7,10,12H,5-6,8H2,1H3,(H2,16,17);1H. The van der Waals surface area contributed by atoms with Gasteiger partial charge in [0, 0.05) is 13.1 Å². The Morgan fingerprint density at radius 1 is 1.50 bits per heavy atom. The van der Waals surface area contributed by atoms with Crippen molar-refractivity contribution in [1.82, 2.24) is 4.90 Å². The van der Waals surface area contributed by atoms with Crippen LogP contribution in [0.2, 0.25) is 0 Å². The predicted molar refractivity (Wildman–Crippen MR) is 84.6 cm³/mol. The molecule has 1 fully saturated rings. The van der Waals surface area contributed by atoms with E-state index in [2.05, 4.69) is 9.73 Å². The van der Waals surface area contributed by atoms with Gasteiger partial charge in [-0.05, 0) is 30.5 Å². The highest BCUT2D eigenvalue weighted by atomic mass is 127. The van der Waals surface area contributed by atoms with Crippen LogP contribution in [0.3, 0.4) is 0 Å². The summed E-state index contributed by atoms with van der Waals surface area (Å²) in [7, 11) is 1.91. The van der Waals surface area contributed by atoms with E-state index in [1.807, 2.05) is 11.9 Å². The zero-order valence-electron chi connectivity index (χ0n) is 11.1. The third-order valence-electron chi connectivity index (χ3n) is 3.00. The lowest BCUT2D eigenvalue weighted by molar-refractivity contribution is -0.0498. The Kier molecular flexibility index (Phi) is 6.44. The third kappa shape index (κ3) is 5.10. The summed E-state index contributed by atoms with van der Waals surface area (Å²) in [5, 5.41) is 0. The van der Waals surface area contributed by atoms with Gasteiger partial charge in [-0.3, -0.25) is 0 Å². The molecule has 0 radical (unpaired) electrons. The lowest BCUT2D eigenvalue weighted by atomic mass is 10.2. The van der Waals surface area contributed by atoms with E-state index in [1.54, 1.807) is 18.2 Å². The SMILES string of the molecule is CN(C(N)=NCc1cccc(OC(F)F)c1)C1CC1.I. The molecule has 1 aliphatic rings. The van der Waals surface area contributed by atoms with Crippen LogP contribution >= 0.6 is 24.0 Å². The summed E-state index contributed by atoms with van der Waals surface area (Å²) in [5.41, 5.74) is 6.63. The lowest BCUT2D eigenvalue weighted by Crippen LogP contribution is -2.35. The Bertz CT molecular complexity index is 467. The molecular formula is C13H18F2IN3O. The van der Waals surface area contributed by atoms with Crippen molar-refractivity contribution in [1.29, 1.82) is 0 Å². The smallest absolute Gasteiger partial charge is 0.387 e. The average Bonchev–Trinajstić information content (AvgIpc) is 3.19. The first-order valence-corrected chi connectivity index (χ1v) is 6.13. The Morgan fingerprint density at radius 3 is 2.80 bits per heavy atom. The molecule has 2 N–H and O–H groups in total. The van der Waals surface area contributed by atoms with E-state index >= 15 is 0 Å². The zero-order chi connectivity index (χ0) is 13.8. The number of hydrogen-bond acceptors (Lipinski definition) is 2. The quantitative estimate of drug-likeness (QED) is 0.473. The summed E-state index contributed by atoms with van der Waals surface area (Å²) in [4.78, 5) is 6.20. The normalized spacial score (nSPS) is 14.9. The van der Waals surface area contributed by atoms with Crippen LogP contribution in [0.1, 0.15) is 18.4 Å². The molecule has 7 heteroatoms. The summed E-state index contributed by atoms with van der Waals surface area (Å²) in [6.07, 6.45) is 2.29. The number of hydrogen-bond donors (Lipinski definition) is 1. The minimum absolute atomic E-state index is 0. The third-order valence-corrected chi connectivity index (χ3v) is 3.00. The molecule has 1 aromatic carbocycles.